The van der Waals surface area contributed by atoms with Crippen LogP contribution in [0.15, 0.2) is 41.3 Å². The van der Waals surface area contributed by atoms with Crippen LogP contribution < -0.4 is 4.72 Å². The van der Waals surface area contributed by atoms with Gasteiger partial charge in [0.2, 0.25) is 0 Å². The van der Waals surface area contributed by atoms with E-state index in [-0.39, 0.29) is 16.9 Å². The molecule has 6 nitrogen and oxygen atoms in total. The van der Waals surface area contributed by atoms with Gasteiger partial charge in [0.1, 0.15) is 5.82 Å². The summed E-state index contributed by atoms with van der Waals surface area (Å²) in [5, 5.41) is 8.63. The van der Waals surface area contributed by atoms with Crippen LogP contribution in [0.25, 0.3) is 0 Å². The van der Waals surface area contributed by atoms with Gasteiger partial charge in [-0.2, -0.15) is 0 Å². The SMILES string of the molecule is Cc1cc(F)cc(C)c1C(=O)NS(=O)(=O)c1cccc(CCCCCCC(=O)O)c1. The number of carbonyl (C=O) groups excluding carboxylic acids is 1. The van der Waals surface area contributed by atoms with Crippen molar-refractivity contribution in [2.75, 3.05) is 0 Å². The van der Waals surface area contributed by atoms with Crippen LogP contribution in [0.4, 0.5) is 4.39 Å². The molecule has 0 aliphatic carbocycles. The molecule has 0 bridgehead atoms. The molecule has 2 N–H and O–H groups in total. The number of carboxylic acid groups (broad SMARTS) is 1. The highest BCUT2D eigenvalue weighted by atomic mass is 32.2. The zero-order valence-corrected chi connectivity index (χ0v) is 17.9. The molecule has 0 saturated carbocycles. The number of carboxylic acids is 1. The molecule has 0 heterocycles. The van der Waals surface area contributed by atoms with Crippen LogP contribution >= 0.6 is 0 Å². The smallest absolute Gasteiger partial charge is 0.303 e. The lowest BCUT2D eigenvalue weighted by Gasteiger charge is -2.12. The summed E-state index contributed by atoms with van der Waals surface area (Å²) in [7, 11) is -4.08. The van der Waals surface area contributed by atoms with Crippen molar-refractivity contribution in [1.82, 2.24) is 4.72 Å². The van der Waals surface area contributed by atoms with E-state index < -0.39 is 27.7 Å². The first-order valence-corrected chi connectivity index (χ1v) is 11.2. The summed E-state index contributed by atoms with van der Waals surface area (Å²) in [6.45, 7) is 3.10. The predicted octanol–water partition coefficient (Wildman–Crippen LogP) is 4.14. The van der Waals surface area contributed by atoms with Gasteiger partial charge in [0.15, 0.2) is 0 Å². The number of amides is 1. The molecule has 0 saturated heterocycles. The van der Waals surface area contributed by atoms with E-state index in [9.17, 15) is 22.4 Å². The molecule has 1 amide bonds. The highest BCUT2D eigenvalue weighted by Gasteiger charge is 2.22. The zero-order chi connectivity index (χ0) is 22.3. The lowest BCUT2D eigenvalue weighted by Crippen LogP contribution is -2.31. The summed E-state index contributed by atoms with van der Waals surface area (Å²) in [6.07, 6.45) is 3.89. The molecule has 2 rings (SSSR count). The fourth-order valence-electron chi connectivity index (χ4n) is 3.33. The molecule has 0 aliphatic rings. The largest absolute Gasteiger partial charge is 0.481 e. The summed E-state index contributed by atoms with van der Waals surface area (Å²) in [4.78, 5) is 23.0. The molecular formula is C22H26FNO5S. The minimum atomic E-state index is -4.08. The molecule has 2 aromatic carbocycles. The number of aliphatic carboxylic acids is 1. The minimum Gasteiger partial charge on any atom is -0.481 e. The number of sulfonamides is 1. The fourth-order valence-corrected chi connectivity index (χ4v) is 4.36. The number of aryl methyl sites for hydroxylation is 3. The van der Waals surface area contributed by atoms with Crippen LogP contribution in [0.1, 0.15) is 59.2 Å². The second kappa shape index (κ2) is 10.3. The number of hydrogen-bond donors (Lipinski definition) is 2. The molecule has 2 aromatic rings. The Morgan fingerprint density at radius 3 is 2.27 bits per heavy atom. The van der Waals surface area contributed by atoms with Crippen molar-refractivity contribution in [2.45, 2.75) is 57.3 Å². The van der Waals surface area contributed by atoms with E-state index in [1.165, 1.54) is 24.3 Å². The Morgan fingerprint density at radius 2 is 1.63 bits per heavy atom. The van der Waals surface area contributed by atoms with Crippen molar-refractivity contribution in [2.24, 2.45) is 0 Å². The van der Waals surface area contributed by atoms with E-state index in [2.05, 4.69) is 4.72 Å². The summed E-state index contributed by atoms with van der Waals surface area (Å²) in [5.41, 5.74) is 1.67. The summed E-state index contributed by atoms with van der Waals surface area (Å²) < 4.78 is 40.9. The number of halogens is 1. The molecule has 8 heteroatoms. The third-order valence-electron chi connectivity index (χ3n) is 4.77. The van der Waals surface area contributed by atoms with Crippen LogP contribution in [-0.4, -0.2) is 25.4 Å². The molecule has 30 heavy (non-hydrogen) atoms. The Bertz CT molecular complexity index is 1010. The fraction of sp³-hybridized carbons (Fsp3) is 0.364. The molecule has 0 radical (unpaired) electrons. The van der Waals surface area contributed by atoms with Gasteiger partial charge in [-0.25, -0.2) is 17.5 Å². The Morgan fingerprint density at radius 1 is 1.00 bits per heavy atom. The Hall–Kier alpha value is -2.74. The maximum absolute atomic E-state index is 13.4. The highest BCUT2D eigenvalue weighted by molar-refractivity contribution is 7.90. The summed E-state index contributed by atoms with van der Waals surface area (Å²) in [6, 6.07) is 8.74. The van der Waals surface area contributed by atoms with Crippen LogP contribution in [0, 0.1) is 19.7 Å². The van der Waals surface area contributed by atoms with Gasteiger partial charge in [-0.05, 0) is 74.1 Å². The molecule has 0 unspecified atom stereocenters. The number of benzene rings is 2. The van der Waals surface area contributed by atoms with E-state index in [4.69, 9.17) is 5.11 Å². The van der Waals surface area contributed by atoms with Crippen molar-refractivity contribution in [3.05, 3.63) is 64.5 Å². The van der Waals surface area contributed by atoms with Crippen molar-refractivity contribution in [1.29, 1.82) is 0 Å². The van der Waals surface area contributed by atoms with Crippen LogP contribution in [0.3, 0.4) is 0 Å². The van der Waals surface area contributed by atoms with E-state index in [0.717, 1.165) is 24.8 Å². The standard InChI is InChI=1S/C22H26FNO5S/c1-15-12-18(23)13-16(2)21(15)22(27)24-30(28,29)19-10-7-9-17(14-19)8-5-3-4-6-11-20(25)26/h7,9-10,12-14H,3-6,8,11H2,1-2H3,(H,24,27)(H,25,26). The van der Waals surface area contributed by atoms with E-state index in [1.807, 2.05) is 6.07 Å². The Balaban J connectivity index is 2.03. The lowest BCUT2D eigenvalue weighted by molar-refractivity contribution is -0.137. The van der Waals surface area contributed by atoms with E-state index in [1.54, 1.807) is 19.9 Å². The Labute approximate surface area is 176 Å². The third kappa shape index (κ3) is 6.66. The van der Waals surface area contributed by atoms with Gasteiger partial charge in [-0.1, -0.05) is 25.0 Å². The van der Waals surface area contributed by atoms with Gasteiger partial charge in [-0.3, -0.25) is 9.59 Å². The van der Waals surface area contributed by atoms with E-state index in [0.29, 0.717) is 24.0 Å². The van der Waals surface area contributed by atoms with Crippen molar-refractivity contribution in [3.63, 3.8) is 0 Å². The van der Waals surface area contributed by atoms with Crippen molar-refractivity contribution >= 4 is 21.9 Å². The molecule has 0 aromatic heterocycles. The van der Waals surface area contributed by atoms with Gasteiger partial charge in [0.05, 0.1) is 4.90 Å². The number of nitrogens with one attached hydrogen (secondary N) is 1. The molecule has 0 atom stereocenters. The first-order chi connectivity index (χ1) is 14.1. The van der Waals surface area contributed by atoms with Crippen molar-refractivity contribution < 1.29 is 27.5 Å². The topological polar surface area (TPSA) is 101 Å². The zero-order valence-electron chi connectivity index (χ0n) is 17.1. The lowest BCUT2D eigenvalue weighted by atomic mass is 10.0. The molecule has 0 spiro atoms. The number of carbonyl (C=O) groups is 2. The average molecular weight is 436 g/mol. The quantitative estimate of drug-likeness (QED) is 0.546. The van der Waals surface area contributed by atoms with Gasteiger partial charge in [0, 0.05) is 12.0 Å². The minimum absolute atomic E-state index is 0.0170. The highest BCUT2D eigenvalue weighted by Crippen LogP contribution is 2.18. The average Bonchev–Trinajstić information content (AvgIpc) is 2.63. The maximum atomic E-state index is 13.4. The van der Waals surface area contributed by atoms with Gasteiger partial charge in [0.25, 0.3) is 15.9 Å². The van der Waals surface area contributed by atoms with Gasteiger partial charge >= 0.3 is 5.97 Å². The van der Waals surface area contributed by atoms with Gasteiger partial charge in [-0.15, -0.1) is 0 Å². The van der Waals surface area contributed by atoms with Crippen LogP contribution in [0.2, 0.25) is 0 Å². The normalized spacial score (nSPS) is 11.3. The first kappa shape index (κ1) is 23.5. The molecular weight excluding hydrogens is 409 g/mol. The molecule has 0 aliphatic heterocycles. The first-order valence-electron chi connectivity index (χ1n) is 9.75. The molecule has 0 fully saturated rings. The van der Waals surface area contributed by atoms with Crippen LogP contribution in [-0.2, 0) is 21.2 Å². The van der Waals surface area contributed by atoms with Crippen molar-refractivity contribution in [3.8, 4) is 0 Å². The predicted molar refractivity (Wildman–Crippen MR) is 111 cm³/mol. The summed E-state index contributed by atoms with van der Waals surface area (Å²) in [5.74, 6) is -2.09. The number of unbranched alkanes of at least 4 members (excludes halogenated alkanes) is 3. The van der Waals surface area contributed by atoms with Gasteiger partial charge < -0.3 is 5.11 Å². The number of rotatable bonds is 10. The Kier molecular flexibility index (Phi) is 8.11. The second-order valence-corrected chi connectivity index (χ2v) is 8.99. The maximum Gasteiger partial charge on any atom is 0.303 e. The summed E-state index contributed by atoms with van der Waals surface area (Å²) >= 11 is 0. The van der Waals surface area contributed by atoms with Crippen LogP contribution in [0.5, 0.6) is 0 Å². The third-order valence-corrected chi connectivity index (χ3v) is 6.10. The molecule has 162 valence electrons. The number of hydrogen-bond acceptors (Lipinski definition) is 4. The second-order valence-electron chi connectivity index (χ2n) is 7.30. The van der Waals surface area contributed by atoms with E-state index >= 15 is 0 Å². The monoisotopic (exact) mass is 435 g/mol.